The van der Waals surface area contributed by atoms with Crippen LogP contribution >= 0.6 is 0 Å². The molecule has 1 aromatic rings. The number of nitrogens with one attached hydrogen (secondary N) is 1. The summed E-state index contributed by atoms with van der Waals surface area (Å²) in [5, 5.41) is 11.6. The number of anilines is 2. The van der Waals surface area contributed by atoms with Crippen LogP contribution in [0, 0.1) is 5.92 Å². The summed E-state index contributed by atoms with van der Waals surface area (Å²) in [4.78, 5) is 26.2. The second-order valence-electron chi connectivity index (χ2n) is 5.54. The van der Waals surface area contributed by atoms with Crippen molar-refractivity contribution >= 4 is 23.4 Å². The molecule has 0 atom stereocenters. The third-order valence-electron chi connectivity index (χ3n) is 2.83. The lowest BCUT2D eigenvalue weighted by Crippen LogP contribution is -2.40. The van der Waals surface area contributed by atoms with Crippen LogP contribution in [-0.4, -0.2) is 49.2 Å². The molecule has 116 valence electrons. The molecule has 0 aliphatic carbocycles. The zero-order chi connectivity index (χ0) is 16.0. The van der Waals surface area contributed by atoms with Crippen molar-refractivity contribution in [3.63, 3.8) is 0 Å². The van der Waals surface area contributed by atoms with E-state index in [2.05, 4.69) is 5.32 Å². The van der Waals surface area contributed by atoms with E-state index in [1.54, 1.807) is 12.1 Å². The molecule has 0 aliphatic rings. The van der Waals surface area contributed by atoms with Crippen LogP contribution in [0.25, 0.3) is 0 Å². The number of hydrogen-bond donors (Lipinski definition) is 2. The van der Waals surface area contributed by atoms with E-state index in [0.29, 0.717) is 12.2 Å². The molecule has 1 rings (SSSR count). The summed E-state index contributed by atoms with van der Waals surface area (Å²) in [5.41, 5.74) is 1.67. The van der Waals surface area contributed by atoms with Gasteiger partial charge in [-0.25, -0.2) is 4.79 Å². The van der Waals surface area contributed by atoms with Gasteiger partial charge in [-0.3, -0.25) is 4.79 Å². The Labute approximate surface area is 125 Å². The molecule has 2 N–H and O–H groups in total. The molecule has 2 amide bonds. The molecule has 0 fully saturated rings. The Morgan fingerprint density at radius 3 is 2.19 bits per heavy atom. The van der Waals surface area contributed by atoms with E-state index in [1.165, 1.54) is 4.90 Å². The molecule has 0 saturated heterocycles. The largest absolute Gasteiger partial charge is 0.480 e. The van der Waals surface area contributed by atoms with Crippen molar-refractivity contribution in [3.05, 3.63) is 24.3 Å². The molecular weight excluding hydrogens is 270 g/mol. The third-order valence-corrected chi connectivity index (χ3v) is 2.83. The lowest BCUT2D eigenvalue weighted by Gasteiger charge is -2.23. The molecule has 0 spiro atoms. The molecule has 21 heavy (non-hydrogen) atoms. The molecule has 6 heteroatoms. The van der Waals surface area contributed by atoms with Crippen LogP contribution in [0.5, 0.6) is 0 Å². The monoisotopic (exact) mass is 293 g/mol. The summed E-state index contributed by atoms with van der Waals surface area (Å²) in [6.45, 7) is 3.97. The molecule has 6 nitrogen and oxygen atoms in total. The summed E-state index contributed by atoms with van der Waals surface area (Å²) >= 11 is 0. The van der Waals surface area contributed by atoms with Gasteiger partial charge in [0.25, 0.3) is 0 Å². The Morgan fingerprint density at radius 2 is 1.76 bits per heavy atom. The highest BCUT2D eigenvalue weighted by Gasteiger charge is 2.17. The Bertz CT molecular complexity index is 483. The predicted molar refractivity (Wildman–Crippen MR) is 83.8 cm³/mol. The minimum Gasteiger partial charge on any atom is -0.480 e. The first-order valence-electron chi connectivity index (χ1n) is 6.84. The first kappa shape index (κ1) is 16.8. The Morgan fingerprint density at radius 1 is 1.19 bits per heavy atom. The highest BCUT2D eigenvalue weighted by molar-refractivity contribution is 5.91. The predicted octanol–water partition coefficient (Wildman–Crippen LogP) is 2.33. The van der Waals surface area contributed by atoms with Gasteiger partial charge in [-0.1, -0.05) is 13.8 Å². The Hall–Kier alpha value is -2.24. The van der Waals surface area contributed by atoms with Gasteiger partial charge >= 0.3 is 12.0 Å². The van der Waals surface area contributed by atoms with E-state index in [9.17, 15) is 9.59 Å². The van der Waals surface area contributed by atoms with E-state index in [-0.39, 0.29) is 12.5 Å². The number of carbonyl (C=O) groups excluding carboxylic acids is 1. The van der Waals surface area contributed by atoms with Crippen LogP contribution in [0.1, 0.15) is 13.8 Å². The first-order valence-corrected chi connectivity index (χ1v) is 6.84. The van der Waals surface area contributed by atoms with Gasteiger partial charge in [-0.15, -0.1) is 0 Å². The van der Waals surface area contributed by atoms with Crippen molar-refractivity contribution in [1.29, 1.82) is 0 Å². The summed E-state index contributed by atoms with van der Waals surface area (Å²) in [5.74, 6) is -0.819. The van der Waals surface area contributed by atoms with Crippen molar-refractivity contribution < 1.29 is 14.7 Å². The number of urea groups is 1. The fourth-order valence-corrected chi connectivity index (χ4v) is 1.87. The summed E-state index contributed by atoms with van der Waals surface area (Å²) < 4.78 is 0. The normalized spacial score (nSPS) is 10.3. The summed E-state index contributed by atoms with van der Waals surface area (Å²) in [6.07, 6.45) is 0. The van der Waals surface area contributed by atoms with Gasteiger partial charge < -0.3 is 20.2 Å². The number of hydrogen-bond acceptors (Lipinski definition) is 3. The standard InChI is InChI=1S/C15H23N3O3/c1-11(2)9-18(10-14(19)20)15(21)16-12-5-7-13(8-6-12)17(3)4/h5-8,11H,9-10H2,1-4H3,(H,16,21)(H,19,20). The van der Waals surface area contributed by atoms with Crippen molar-refractivity contribution in [3.8, 4) is 0 Å². The number of rotatable bonds is 6. The topological polar surface area (TPSA) is 72.9 Å². The van der Waals surface area contributed by atoms with E-state index >= 15 is 0 Å². The maximum atomic E-state index is 12.1. The fourth-order valence-electron chi connectivity index (χ4n) is 1.87. The van der Waals surface area contributed by atoms with Crippen molar-refractivity contribution in [1.82, 2.24) is 4.90 Å². The molecule has 0 aromatic heterocycles. The highest BCUT2D eigenvalue weighted by atomic mass is 16.4. The maximum absolute atomic E-state index is 12.1. The lowest BCUT2D eigenvalue weighted by molar-refractivity contribution is -0.137. The average Bonchev–Trinajstić information content (AvgIpc) is 2.37. The number of carboxylic acids is 1. The molecule has 0 bridgehead atoms. The van der Waals surface area contributed by atoms with Crippen LogP contribution in [-0.2, 0) is 4.79 Å². The first-order chi connectivity index (χ1) is 9.79. The number of aliphatic carboxylic acids is 1. The molecule has 0 unspecified atom stereocenters. The van der Waals surface area contributed by atoms with Crippen molar-refractivity contribution in [2.75, 3.05) is 37.4 Å². The van der Waals surface area contributed by atoms with Gasteiger partial charge in [0.15, 0.2) is 0 Å². The SMILES string of the molecule is CC(C)CN(CC(=O)O)C(=O)Nc1ccc(N(C)C)cc1. The molecule has 0 heterocycles. The van der Waals surface area contributed by atoms with Crippen LogP contribution in [0.3, 0.4) is 0 Å². The average molecular weight is 293 g/mol. The minimum absolute atomic E-state index is 0.200. The minimum atomic E-state index is -1.02. The summed E-state index contributed by atoms with van der Waals surface area (Å²) in [7, 11) is 3.87. The molecule has 0 saturated carbocycles. The Balaban J connectivity index is 2.73. The second-order valence-corrected chi connectivity index (χ2v) is 5.54. The fraction of sp³-hybridized carbons (Fsp3) is 0.467. The van der Waals surface area contributed by atoms with Crippen LogP contribution in [0.4, 0.5) is 16.2 Å². The van der Waals surface area contributed by atoms with E-state index in [0.717, 1.165) is 5.69 Å². The van der Waals surface area contributed by atoms with Gasteiger partial charge in [0.2, 0.25) is 0 Å². The van der Waals surface area contributed by atoms with E-state index in [1.807, 2.05) is 45.0 Å². The number of amides is 2. The third kappa shape index (κ3) is 5.72. The molecule has 1 aromatic carbocycles. The van der Waals surface area contributed by atoms with Gasteiger partial charge in [0.1, 0.15) is 6.54 Å². The van der Waals surface area contributed by atoms with Gasteiger partial charge in [0, 0.05) is 32.0 Å². The zero-order valence-electron chi connectivity index (χ0n) is 13.0. The number of nitrogens with zero attached hydrogens (tertiary/aromatic N) is 2. The zero-order valence-corrected chi connectivity index (χ0v) is 13.0. The van der Waals surface area contributed by atoms with Crippen LogP contribution in [0.2, 0.25) is 0 Å². The van der Waals surface area contributed by atoms with Crippen molar-refractivity contribution in [2.45, 2.75) is 13.8 Å². The highest BCUT2D eigenvalue weighted by Crippen LogP contribution is 2.16. The number of benzene rings is 1. The smallest absolute Gasteiger partial charge is 0.323 e. The van der Waals surface area contributed by atoms with E-state index in [4.69, 9.17) is 5.11 Å². The number of carbonyl (C=O) groups is 2. The van der Waals surface area contributed by atoms with Crippen LogP contribution in [0.15, 0.2) is 24.3 Å². The number of carboxylic acid groups (broad SMARTS) is 1. The van der Waals surface area contributed by atoms with Gasteiger partial charge in [0.05, 0.1) is 0 Å². The van der Waals surface area contributed by atoms with Gasteiger partial charge in [-0.05, 0) is 30.2 Å². The molecular formula is C15H23N3O3. The summed E-state index contributed by atoms with van der Waals surface area (Å²) in [6, 6.07) is 6.96. The molecule has 0 radical (unpaired) electrons. The van der Waals surface area contributed by atoms with Crippen LogP contribution < -0.4 is 10.2 Å². The molecule has 0 aliphatic heterocycles. The maximum Gasteiger partial charge on any atom is 0.323 e. The van der Waals surface area contributed by atoms with Gasteiger partial charge in [-0.2, -0.15) is 0 Å². The quantitative estimate of drug-likeness (QED) is 0.844. The lowest BCUT2D eigenvalue weighted by atomic mass is 10.2. The van der Waals surface area contributed by atoms with Crippen molar-refractivity contribution in [2.24, 2.45) is 5.92 Å². The Kier molecular flexibility index (Phi) is 6.02. The second kappa shape index (κ2) is 7.52. The van der Waals surface area contributed by atoms with E-state index < -0.39 is 12.0 Å².